The molecule has 1 rings (SSSR count). The molecule has 0 unspecified atom stereocenters. The fourth-order valence-corrected chi connectivity index (χ4v) is 3.00. The molecule has 0 aliphatic heterocycles. The van der Waals surface area contributed by atoms with Gasteiger partial charge in [-0.25, -0.2) is 9.59 Å². The lowest BCUT2D eigenvalue weighted by Crippen LogP contribution is -2.28. The molecule has 4 nitrogen and oxygen atoms in total. The van der Waals surface area contributed by atoms with Crippen molar-refractivity contribution in [3.63, 3.8) is 0 Å². The minimum atomic E-state index is -1.19. The lowest BCUT2D eigenvalue weighted by Gasteiger charge is -2.33. The van der Waals surface area contributed by atoms with Crippen molar-refractivity contribution in [1.82, 2.24) is 0 Å². The predicted molar refractivity (Wildman–Crippen MR) is 77.5 cm³/mol. The molecule has 0 saturated carbocycles. The van der Waals surface area contributed by atoms with Crippen molar-refractivity contribution in [2.24, 2.45) is 0 Å². The number of carboxylic acid groups (broad SMARTS) is 2. The number of benzene rings is 1. The Balaban J connectivity index is 3.61. The minimum absolute atomic E-state index is 0.0582. The Morgan fingerprint density at radius 2 is 1.65 bits per heavy atom. The molecule has 0 atom stereocenters. The topological polar surface area (TPSA) is 74.6 Å². The van der Waals surface area contributed by atoms with Crippen LogP contribution in [0.2, 0.25) is 0 Å². The van der Waals surface area contributed by atoms with Crippen LogP contribution in [0.25, 0.3) is 0 Å². The van der Waals surface area contributed by atoms with Gasteiger partial charge in [-0.1, -0.05) is 39.3 Å². The van der Waals surface area contributed by atoms with E-state index in [1.165, 1.54) is 6.07 Å². The predicted octanol–water partition coefficient (Wildman–Crippen LogP) is 3.94. The van der Waals surface area contributed by atoms with Crippen molar-refractivity contribution in [3.8, 4) is 0 Å². The zero-order valence-corrected chi connectivity index (χ0v) is 12.3. The van der Waals surface area contributed by atoms with Gasteiger partial charge in [-0.05, 0) is 36.3 Å². The normalized spacial score (nSPS) is 11.3. The second kappa shape index (κ2) is 6.55. The first-order valence-electron chi connectivity index (χ1n) is 7.03. The Morgan fingerprint density at radius 3 is 2.05 bits per heavy atom. The highest BCUT2D eigenvalue weighted by Crippen LogP contribution is 2.39. The van der Waals surface area contributed by atoms with Gasteiger partial charge in [0.25, 0.3) is 0 Å². The van der Waals surface area contributed by atoms with Crippen LogP contribution in [0.15, 0.2) is 18.2 Å². The van der Waals surface area contributed by atoms with Crippen LogP contribution in [0.3, 0.4) is 0 Å². The van der Waals surface area contributed by atoms with E-state index in [1.807, 2.05) is 13.8 Å². The third kappa shape index (κ3) is 2.84. The average molecular weight is 278 g/mol. The van der Waals surface area contributed by atoms with Gasteiger partial charge in [0.2, 0.25) is 0 Å². The van der Waals surface area contributed by atoms with Gasteiger partial charge >= 0.3 is 11.9 Å². The van der Waals surface area contributed by atoms with Crippen LogP contribution >= 0.6 is 0 Å². The second-order valence-corrected chi connectivity index (χ2v) is 5.08. The maximum absolute atomic E-state index is 11.6. The number of hydrogen-bond donors (Lipinski definition) is 2. The SMILES string of the molecule is CCCC(CC)(CC)c1cccc(C(=O)O)c1C(=O)O. The molecule has 110 valence electrons. The van der Waals surface area contributed by atoms with Gasteiger partial charge < -0.3 is 10.2 Å². The number of carboxylic acids is 2. The molecule has 0 amide bonds. The maximum Gasteiger partial charge on any atom is 0.336 e. The zero-order chi connectivity index (χ0) is 15.3. The third-order valence-corrected chi connectivity index (χ3v) is 4.16. The van der Waals surface area contributed by atoms with Crippen LogP contribution in [0.5, 0.6) is 0 Å². The molecule has 0 aliphatic carbocycles. The molecule has 0 bridgehead atoms. The van der Waals surface area contributed by atoms with Gasteiger partial charge in [0.15, 0.2) is 0 Å². The Morgan fingerprint density at radius 1 is 1.05 bits per heavy atom. The van der Waals surface area contributed by atoms with E-state index in [0.29, 0.717) is 5.56 Å². The van der Waals surface area contributed by atoms with Crippen LogP contribution < -0.4 is 0 Å². The van der Waals surface area contributed by atoms with E-state index in [9.17, 15) is 19.8 Å². The van der Waals surface area contributed by atoms with Crippen molar-refractivity contribution in [1.29, 1.82) is 0 Å². The Bertz CT molecular complexity index is 501. The maximum atomic E-state index is 11.6. The quantitative estimate of drug-likeness (QED) is 0.792. The van der Waals surface area contributed by atoms with Gasteiger partial charge in [0.05, 0.1) is 11.1 Å². The summed E-state index contributed by atoms with van der Waals surface area (Å²) in [7, 11) is 0. The lowest BCUT2D eigenvalue weighted by atomic mass is 9.70. The summed E-state index contributed by atoms with van der Waals surface area (Å²) >= 11 is 0. The fraction of sp³-hybridized carbons (Fsp3) is 0.500. The van der Waals surface area contributed by atoms with Gasteiger partial charge in [-0.2, -0.15) is 0 Å². The van der Waals surface area contributed by atoms with Crippen LogP contribution in [-0.2, 0) is 5.41 Å². The molecular formula is C16H22O4. The first kappa shape index (κ1) is 16.2. The van der Waals surface area contributed by atoms with E-state index in [4.69, 9.17) is 0 Å². The van der Waals surface area contributed by atoms with Crippen molar-refractivity contribution in [2.45, 2.75) is 51.9 Å². The Kier molecular flexibility index (Phi) is 5.31. The van der Waals surface area contributed by atoms with E-state index in [2.05, 4.69) is 6.92 Å². The molecule has 0 saturated heterocycles. The van der Waals surface area contributed by atoms with E-state index in [0.717, 1.165) is 25.7 Å². The van der Waals surface area contributed by atoms with E-state index in [1.54, 1.807) is 12.1 Å². The highest BCUT2D eigenvalue weighted by atomic mass is 16.4. The largest absolute Gasteiger partial charge is 0.478 e. The summed E-state index contributed by atoms with van der Waals surface area (Å²) < 4.78 is 0. The second-order valence-electron chi connectivity index (χ2n) is 5.08. The molecule has 0 fully saturated rings. The monoisotopic (exact) mass is 278 g/mol. The average Bonchev–Trinajstić information content (AvgIpc) is 2.44. The highest BCUT2D eigenvalue weighted by molar-refractivity contribution is 6.03. The summed E-state index contributed by atoms with van der Waals surface area (Å²) in [4.78, 5) is 22.8. The van der Waals surface area contributed by atoms with Gasteiger partial charge in [0.1, 0.15) is 0 Å². The molecule has 20 heavy (non-hydrogen) atoms. The molecule has 0 radical (unpaired) electrons. The van der Waals surface area contributed by atoms with Crippen LogP contribution in [0.4, 0.5) is 0 Å². The van der Waals surface area contributed by atoms with Crippen molar-refractivity contribution >= 4 is 11.9 Å². The summed E-state index contributed by atoms with van der Waals surface area (Å²) in [5.41, 5.74) is 0.194. The summed E-state index contributed by atoms with van der Waals surface area (Å²) in [6.07, 6.45) is 3.36. The van der Waals surface area contributed by atoms with E-state index >= 15 is 0 Å². The van der Waals surface area contributed by atoms with E-state index < -0.39 is 11.9 Å². The smallest absolute Gasteiger partial charge is 0.336 e. The summed E-state index contributed by atoms with van der Waals surface area (Å²) in [6.45, 7) is 6.11. The standard InChI is InChI=1S/C16H22O4/c1-4-10-16(5-2,6-3)12-9-7-8-11(14(17)18)13(12)15(19)20/h7-9H,4-6,10H2,1-3H3,(H,17,18)(H,19,20). The first-order chi connectivity index (χ1) is 9.43. The number of aromatic carboxylic acids is 2. The molecule has 1 aromatic rings. The number of carbonyl (C=O) groups is 2. The Labute approximate surface area is 119 Å². The number of rotatable bonds is 7. The molecule has 2 N–H and O–H groups in total. The highest BCUT2D eigenvalue weighted by Gasteiger charge is 2.33. The molecular weight excluding hydrogens is 256 g/mol. The van der Waals surface area contributed by atoms with Gasteiger partial charge in [-0.3, -0.25) is 0 Å². The Hall–Kier alpha value is -1.84. The molecule has 1 aromatic carbocycles. The van der Waals surface area contributed by atoms with Gasteiger partial charge in [0, 0.05) is 0 Å². The zero-order valence-electron chi connectivity index (χ0n) is 12.3. The summed E-state index contributed by atoms with van der Waals surface area (Å²) in [5.74, 6) is -2.36. The molecule has 0 spiro atoms. The van der Waals surface area contributed by atoms with Crippen LogP contribution in [-0.4, -0.2) is 22.2 Å². The molecule has 4 heteroatoms. The summed E-state index contributed by atoms with van der Waals surface area (Å²) in [6, 6.07) is 4.76. The first-order valence-corrected chi connectivity index (χ1v) is 7.03. The van der Waals surface area contributed by atoms with Gasteiger partial charge in [-0.15, -0.1) is 0 Å². The third-order valence-electron chi connectivity index (χ3n) is 4.16. The van der Waals surface area contributed by atoms with Crippen molar-refractivity contribution in [2.75, 3.05) is 0 Å². The van der Waals surface area contributed by atoms with Crippen LogP contribution in [0.1, 0.15) is 72.7 Å². The summed E-state index contributed by atoms with van der Waals surface area (Å²) in [5, 5.41) is 18.7. The van der Waals surface area contributed by atoms with E-state index in [-0.39, 0.29) is 16.5 Å². The molecule has 0 aromatic heterocycles. The van der Waals surface area contributed by atoms with Crippen molar-refractivity contribution < 1.29 is 19.8 Å². The van der Waals surface area contributed by atoms with Crippen molar-refractivity contribution in [3.05, 3.63) is 34.9 Å². The molecule has 0 aliphatic rings. The lowest BCUT2D eigenvalue weighted by molar-refractivity contribution is 0.0648. The number of hydrogen-bond acceptors (Lipinski definition) is 2. The van der Waals surface area contributed by atoms with Crippen LogP contribution in [0, 0.1) is 0 Å². The fourth-order valence-electron chi connectivity index (χ4n) is 3.00. The minimum Gasteiger partial charge on any atom is -0.478 e. The molecule has 0 heterocycles.